The molecule has 2 rings (SSSR count). The zero-order valence-corrected chi connectivity index (χ0v) is 13.1. The average Bonchev–Trinajstić information content (AvgIpc) is 2.83. The van der Waals surface area contributed by atoms with Gasteiger partial charge in [0.05, 0.1) is 6.61 Å². The topological polar surface area (TPSA) is 24.5 Å². The molecule has 3 heteroatoms. The molecular formula is C16H32N2O. The molecule has 1 atom stereocenters. The van der Waals surface area contributed by atoms with E-state index in [-0.39, 0.29) is 0 Å². The number of nitrogens with one attached hydrogen (secondary N) is 1. The Morgan fingerprint density at radius 2 is 2.00 bits per heavy atom. The molecule has 1 saturated heterocycles. The summed E-state index contributed by atoms with van der Waals surface area (Å²) in [5, 5.41) is 3.68. The second kappa shape index (κ2) is 7.05. The third kappa shape index (κ3) is 4.17. The van der Waals surface area contributed by atoms with Crippen molar-refractivity contribution in [2.75, 3.05) is 32.8 Å². The SMILES string of the molecule is CC(C)CCOCCN1CC(C)NCC12CCCC2. The van der Waals surface area contributed by atoms with Gasteiger partial charge in [0.15, 0.2) is 0 Å². The van der Waals surface area contributed by atoms with E-state index in [0.717, 1.165) is 25.7 Å². The van der Waals surface area contributed by atoms with Crippen LogP contribution < -0.4 is 5.32 Å². The molecule has 1 spiro atoms. The number of hydrogen-bond acceptors (Lipinski definition) is 3. The third-order valence-electron chi connectivity index (χ3n) is 4.82. The van der Waals surface area contributed by atoms with Gasteiger partial charge >= 0.3 is 0 Å². The highest BCUT2D eigenvalue weighted by Gasteiger charge is 2.42. The third-order valence-corrected chi connectivity index (χ3v) is 4.82. The molecule has 0 amide bonds. The molecule has 19 heavy (non-hydrogen) atoms. The summed E-state index contributed by atoms with van der Waals surface area (Å²) in [6, 6.07) is 0.627. The molecular weight excluding hydrogens is 236 g/mol. The molecule has 0 aromatic heterocycles. The summed E-state index contributed by atoms with van der Waals surface area (Å²) in [7, 11) is 0. The van der Waals surface area contributed by atoms with Gasteiger partial charge < -0.3 is 10.1 Å². The molecule has 1 aliphatic carbocycles. The Morgan fingerprint density at radius 3 is 2.68 bits per heavy atom. The summed E-state index contributed by atoms with van der Waals surface area (Å²) in [5.41, 5.74) is 0.452. The minimum absolute atomic E-state index is 0.452. The van der Waals surface area contributed by atoms with Gasteiger partial charge in [-0.2, -0.15) is 0 Å². The lowest BCUT2D eigenvalue weighted by Gasteiger charge is -2.47. The molecule has 2 fully saturated rings. The van der Waals surface area contributed by atoms with E-state index < -0.39 is 0 Å². The number of rotatable bonds is 6. The van der Waals surface area contributed by atoms with Crippen LogP contribution in [-0.4, -0.2) is 49.3 Å². The molecule has 1 aliphatic heterocycles. The maximum Gasteiger partial charge on any atom is 0.0593 e. The molecule has 0 bridgehead atoms. The van der Waals surface area contributed by atoms with E-state index in [4.69, 9.17) is 4.74 Å². The van der Waals surface area contributed by atoms with Gasteiger partial charge in [-0.1, -0.05) is 26.7 Å². The largest absolute Gasteiger partial charge is 0.380 e. The van der Waals surface area contributed by atoms with E-state index in [2.05, 4.69) is 31.0 Å². The molecule has 0 aromatic carbocycles. The Balaban J connectivity index is 1.75. The lowest BCUT2D eigenvalue weighted by atomic mass is 9.91. The van der Waals surface area contributed by atoms with Crippen LogP contribution >= 0.6 is 0 Å². The fourth-order valence-corrected chi connectivity index (χ4v) is 3.52. The number of piperazine rings is 1. The van der Waals surface area contributed by atoms with Crippen LogP contribution in [0, 0.1) is 5.92 Å². The molecule has 1 saturated carbocycles. The second-order valence-corrected chi connectivity index (χ2v) is 6.95. The van der Waals surface area contributed by atoms with E-state index in [9.17, 15) is 0 Å². The maximum absolute atomic E-state index is 5.82. The zero-order chi connectivity index (χ0) is 13.7. The van der Waals surface area contributed by atoms with Crippen molar-refractivity contribution in [3.63, 3.8) is 0 Å². The first-order valence-electron chi connectivity index (χ1n) is 8.18. The first-order chi connectivity index (χ1) is 9.12. The van der Waals surface area contributed by atoms with E-state index in [0.29, 0.717) is 11.6 Å². The predicted octanol–water partition coefficient (Wildman–Crippen LogP) is 2.66. The van der Waals surface area contributed by atoms with Gasteiger partial charge in [-0.3, -0.25) is 4.90 Å². The summed E-state index contributed by atoms with van der Waals surface area (Å²) in [6.45, 7) is 12.1. The summed E-state index contributed by atoms with van der Waals surface area (Å²) in [4.78, 5) is 2.72. The predicted molar refractivity (Wildman–Crippen MR) is 80.5 cm³/mol. The minimum Gasteiger partial charge on any atom is -0.380 e. The Hall–Kier alpha value is -0.120. The molecule has 0 aromatic rings. The van der Waals surface area contributed by atoms with Crippen molar-refractivity contribution < 1.29 is 4.74 Å². The Kier molecular flexibility index (Phi) is 5.67. The van der Waals surface area contributed by atoms with Gasteiger partial charge in [0.25, 0.3) is 0 Å². The van der Waals surface area contributed by atoms with E-state index >= 15 is 0 Å². The quantitative estimate of drug-likeness (QED) is 0.750. The van der Waals surface area contributed by atoms with Gasteiger partial charge in [0.2, 0.25) is 0 Å². The number of ether oxygens (including phenoxy) is 1. The Labute approximate surface area is 119 Å². The molecule has 3 nitrogen and oxygen atoms in total. The van der Waals surface area contributed by atoms with Gasteiger partial charge in [0, 0.05) is 37.8 Å². The fraction of sp³-hybridized carbons (Fsp3) is 1.00. The van der Waals surface area contributed by atoms with Crippen LogP contribution in [-0.2, 0) is 4.74 Å². The van der Waals surface area contributed by atoms with Crippen molar-refractivity contribution in [2.24, 2.45) is 5.92 Å². The monoisotopic (exact) mass is 268 g/mol. The normalized spacial score (nSPS) is 27.5. The summed E-state index contributed by atoms with van der Waals surface area (Å²) in [6.07, 6.45) is 6.74. The number of nitrogens with zero attached hydrogens (tertiary/aromatic N) is 1. The highest BCUT2D eigenvalue weighted by Crippen LogP contribution is 2.36. The molecule has 1 unspecified atom stereocenters. The molecule has 112 valence electrons. The van der Waals surface area contributed by atoms with Gasteiger partial charge in [-0.05, 0) is 32.1 Å². The molecule has 0 radical (unpaired) electrons. The maximum atomic E-state index is 5.82. The van der Waals surface area contributed by atoms with Crippen molar-refractivity contribution in [1.82, 2.24) is 10.2 Å². The molecule has 1 heterocycles. The molecule has 1 N–H and O–H groups in total. The van der Waals surface area contributed by atoms with Crippen LogP contribution in [0.3, 0.4) is 0 Å². The first-order valence-corrected chi connectivity index (χ1v) is 8.18. The lowest BCUT2D eigenvalue weighted by molar-refractivity contribution is 0.0137. The fourth-order valence-electron chi connectivity index (χ4n) is 3.52. The van der Waals surface area contributed by atoms with Crippen LogP contribution in [0.5, 0.6) is 0 Å². The van der Waals surface area contributed by atoms with Gasteiger partial charge in [-0.25, -0.2) is 0 Å². The van der Waals surface area contributed by atoms with E-state index in [1.54, 1.807) is 0 Å². The highest BCUT2D eigenvalue weighted by atomic mass is 16.5. The van der Waals surface area contributed by atoms with Crippen LogP contribution in [0.1, 0.15) is 52.9 Å². The van der Waals surface area contributed by atoms with Crippen LogP contribution in [0.4, 0.5) is 0 Å². The van der Waals surface area contributed by atoms with Crippen LogP contribution in [0.2, 0.25) is 0 Å². The molecule has 2 aliphatic rings. The summed E-state index contributed by atoms with van der Waals surface area (Å²) in [5.74, 6) is 0.750. The Morgan fingerprint density at radius 1 is 1.26 bits per heavy atom. The smallest absolute Gasteiger partial charge is 0.0593 e. The van der Waals surface area contributed by atoms with E-state index in [1.165, 1.54) is 45.2 Å². The van der Waals surface area contributed by atoms with E-state index in [1.807, 2.05) is 0 Å². The Bertz CT molecular complexity index is 261. The first kappa shape index (κ1) is 15.3. The standard InChI is InChI=1S/C16H32N2O/c1-14(2)6-10-19-11-9-18-12-15(3)17-13-16(18)7-4-5-8-16/h14-15,17H,4-13H2,1-3H3. The highest BCUT2D eigenvalue weighted by molar-refractivity contribution is 5.01. The second-order valence-electron chi connectivity index (χ2n) is 6.95. The van der Waals surface area contributed by atoms with Crippen LogP contribution in [0.25, 0.3) is 0 Å². The minimum atomic E-state index is 0.452. The number of hydrogen-bond donors (Lipinski definition) is 1. The van der Waals surface area contributed by atoms with Crippen molar-refractivity contribution in [2.45, 2.75) is 64.5 Å². The van der Waals surface area contributed by atoms with Gasteiger partial charge in [-0.15, -0.1) is 0 Å². The average molecular weight is 268 g/mol. The summed E-state index contributed by atoms with van der Waals surface area (Å²) >= 11 is 0. The van der Waals surface area contributed by atoms with Gasteiger partial charge in [0.1, 0.15) is 0 Å². The lowest BCUT2D eigenvalue weighted by Crippen LogP contribution is -2.63. The zero-order valence-electron chi connectivity index (χ0n) is 13.1. The summed E-state index contributed by atoms with van der Waals surface area (Å²) < 4.78 is 5.82. The van der Waals surface area contributed by atoms with Crippen molar-refractivity contribution in [3.8, 4) is 0 Å². The van der Waals surface area contributed by atoms with Crippen LogP contribution in [0.15, 0.2) is 0 Å². The van der Waals surface area contributed by atoms with Crippen molar-refractivity contribution in [1.29, 1.82) is 0 Å². The van der Waals surface area contributed by atoms with Crippen molar-refractivity contribution >= 4 is 0 Å². The van der Waals surface area contributed by atoms with Crippen molar-refractivity contribution in [3.05, 3.63) is 0 Å².